The molecule has 1 saturated heterocycles. The van der Waals surface area contributed by atoms with Gasteiger partial charge in [0, 0.05) is 13.1 Å². The maximum atomic E-state index is 13.0. The van der Waals surface area contributed by atoms with Crippen LogP contribution < -0.4 is 10.1 Å². The van der Waals surface area contributed by atoms with Gasteiger partial charge in [0.2, 0.25) is 15.9 Å². The number of para-hydroxylation sites is 2. The third-order valence-corrected chi connectivity index (χ3v) is 6.83. The van der Waals surface area contributed by atoms with Gasteiger partial charge < -0.3 is 10.1 Å². The molecule has 1 atom stereocenters. The van der Waals surface area contributed by atoms with Crippen molar-refractivity contribution < 1.29 is 17.9 Å². The second-order valence-electron chi connectivity index (χ2n) is 7.22. The van der Waals surface area contributed by atoms with Crippen molar-refractivity contribution in [1.29, 1.82) is 0 Å². The number of rotatable bonds is 4. The zero-order valence-electron chi connectivity index (χ0n) is 14.8. The van der Waals surface area contributed by atoms with Crippen molar-refractivity contribution in [1.82, 2.24) is 4.31 Å². The lowest BCUT2D eigenvalue weighted by Crippen LogP contribution is -2.39. The number of carbonyl (C=O) groups excluding carboxylic acids is 1. The second-order valence-corrected chi connectivity index (χ2v) is 9.20. The van der Waals surface area contributed by atoms with E-state index in [4.69, 9.17) is 4.74 Å². The maximum absolute atomic E-state index is 13.0. The van der Waals surface area contributed by atoms with E-state index in [0.29, 0.717) is 18.0 Å². The number of hydrogen-bond acceptors (Lipinski definition) is 4. The van der Waals surface area contributed by atoms with Gasteiger partial charge in [0.15, 0.2) is 0 Å². The molecule has 1 heterocycles. The average molecular weight is 366 g/mol. The van der Waals surface area contributed by atoms with Crippen LogP contribution >= 0.6 is 0 Å². The van der Waals surface area contributed by atoms with Crippen LogP contribution in [-0.4, -0.2) is 45.1 Å². The number of amides is 1. The Bertz CT molecular complexity index is 741. The van der Waals surface area contributed by atoms with E-state index in [-0.39, 0.29) is 23.8 Å². The minimum absolute atomic E-state index is 0.113. The Labute approximate surface area is 149 Å². The van der Waals surface area contributed by atoms with Gasteiger partial charge in [0.1, 0.15) is 5.75 Å². The molecule has 2 fully saturated rings. The molecule has 1 amide bonds. The lowest BCUT2D eigenvalue weighted by molar-refractivity contribution is -0.123. The van der Waals surface area contributed by atoms with E-state index in [2.05, 4.69) is 5.32 Å². The summed E-state index contributed by atoms with van der Waals surface area (Å²) >= 11 is 0. The SMILES string of the molecule is COc1ccccc1NC(=O)C1CN(S(C)(=O)=O)CC12CCCCC2. The van der Waals surface area contributed by atoms with Gasteiger partial charge in [-0.25, -0.2) is 12.7 Å². The summed E-state index contributed by atoms with van der Waals surface area (Å²) in [5.74, 6) is 0.163. The van der Waals surface area contributed by atoms with Crippen LogP contribution in [0.2, 0.25) is 0 Å². The number of nitrogens with one attached hydrogen (secondary N) is 1. The first-order valence-corrected chi connectivity index (χ1v) is 10.6. The van der Waals surface area contributed by atoms with Crippen LogP contribution in [0.15, 0.2) is 24.3 Å². The third-order valence-electron chi connectivity index (χ3n) is 5.62. The lowest BCUT2D eigenvalue weighted by Gasteiger charge is -2.37. The van der Waals surface area contributed by atoms with Crippen LogP contribution in [-0.2, 0) is 14.8 Å². The molecule has 1 aromatic carbocycles. The van der Waals surface area contributed by atoms with E-state index in [1.54, 1.807) is 19.2 Å². The number of methoxy groups -OCH3 is 1. The Kier molecular flexibility index (Phi) is 5.06. The van der Waals surface area contributed by atoms with Crippen LogP contribution in [0, 0.1) is 11.3 Å². The minimum Gasteiger partial charge on any atom is -0.495 e. The Hall–Kier alpha value is -1.60. The van der Waals surface area contributed by atoms with Gasteiger partial charge in [-0.15, -0.1) is 0 Å². The van der Waals surface area contributed by atoms with Crippen molar-refractivity contribution in [2.24, 2.45) is 11.3 Å². The van der Waals surface area contributed by atoms with Crippen LogP contribution in [0.3, 0.4) is 0 Å². The smallest absolute Gasteiger partial charge is 0.229 e. The van der Waals surface area contributed by atoms with Gasteiger partial charge in [0.25, 0.3) is 0 Å². The molecular formula is C18H26N2O4S. The molecule has 2 aliphatic rings. The summed E-state index contributed by atoms with van der Waals surface area (Å²) in [4.78, 5) is 13.0. The molecule has 0 aromatic heterocycles. The first-order valence-electron chi connectivity index (χ1n) is 8.75. The summed E-state index contributed by atoms with van der Waals surface area (Å²) in [6, 6.07) is 7.28. The van der Waals surface area contributed by atoms with Crippen molar-refractivity contribution >= 4 is 21.6 Å². The number of ether oxygens (including phenoxy) is 1. The monoisotopic (exact) mass is 366 g/mol. The fourth-order valence-corrected chi connectivity index (χ4v) is 5.18. The molecule has 1 saturated carbocycles. The molecule has 1 spiro atoms. The van der Waals surface area contributed by atoms with E-state index >= 15 is 0 Å². The van der Waals surface area contributed by atoms with Gasteiger partial charge in [-0.1, -0.05) is 31.4 Å². The van der Waals surface area contributed by atoms with E-state index in [9.17, 15) is 13.2 Å². The van der Waals surface area contributed by atoms with E-state index < -0.39 is 10.0 Å². The molecule has 7 heteroatoms. The highest BCUT2D eigenvalue weighted by Crippen LogP contribution is 2.48. The Morgan fingerprint density at radius 3 is 2.56 bits per heavy atom. The van der Waals surface area contributed by atoms with Crippen LogP contribution in [0.1, 0.15) is 32.1 Å². The van der Waals surface area contributed by atoms with Crippen molar-refractivity contribution in [2.45, 2.75) is 32.1 Å². The highest BCUT2D eigenvalue weighted by atomic mass is 32.2. The number of hydrogen-bond donors (Lipinski definition) is 1. The summed E-state index contributed by atoms with van der Waals surface area (Å²) in [6.45, 7) is 0.718. The van der Waals surface area contributed by atoms with Gasteiger partial charge in [0.05, 0.1) is 25.0 Å². The van der Waals surface area contributed by atoms with E-state index in [1.807, 2.05) is 12.1 Å². The molecule has 1 aliphatic heterocycles. The standard InChI is InChI=1S/C18H26N2O4S/c1-24-16-9-5-4-8-15(16)19-17(21)14-12-20(25(2,22)23)13-18(14)10-6-3-7-11-18/h4-5,8-9,14H,3,6-7,10-13H2,1-2H3,(H,19,21). The molecule has 0 bridgehead atoms. The number of anilines is 1. The van der Waals surface area contributed by atoms with Crippen molar-refractivity contribution in [3.05, 3.63) is 24.3 Å². The minimum atomic E-state index is -3.30. The van der Waals surface area contributed by atoms with Gasteiger partial charge >= 0.3 is 0 Å². The van der Waals surface area contributed by atoms with E-state index in [1.165, 1.54) is 10.6 Å². The summed E-state index contributed by atoms with van der Waals surface area (Å²) in [7, 11) is -1.74. The molecule has 1 aromatic rings. The largest absolute Gasteiger partial charge is 0.495 e. The lowest BCUT2D eigenvalue weighted by atomic mass is 9.67. The quantitative estimate of drug-likeness (QED) is 0.888. The third kappa shape index (κ3) is 3.67. The molecule has 1 N–H and O–H groups in total. The second kappa shape index (κ2) is 6.96. The maximum Gasteiger partial charge on any atom is 0.229 e. The van der Waals surface area contributed by atoms with Crippen molar-refractivity contribution in [3.8, 4) is 5.75 Å². The summed E-state index contributed by atoms with van der Waals surface area (Å²) in [6.07, 6.45) is 6.30. The van der Waals surface area contributed by atoms with Gasteiger partial charge in [-0.2, -0.15) is 0 Å². The normalized spacial score (nSPS) is 23.5. The predicted octanol–water partition coefficient (Wildman–Crippen LogP) is 2.48. The number of sulfonamides is 1. The van der Waals surface area contributed by atoms with Gasteiger partial charge in [-0.3, -0.25) is 4.79 Å². The molecule has 138 valence electrons. The Morgan fingerprint density at radius 2 is 1.92 bits per heavy atom. The highest BCUT2D eigenvalue weighted by molar-refractivity contribution is 7.88. The van der Waals surface area contributed by atoms with Crippen molar-refractivity contribution in [2.75, 3.05) is 31.8 Å². The zero-order valence-corrected chi connectivity index (χ0v) is 15.6. The summed E-state index contributed by atoms with van der Waals surface area (Å²) in [5.41, 5.74) is 0.381. The Balaban J connectivity index is 1.85. The predicted molar refractivity (Wildman–Crippen MR) is 97.0 cm³/mol. The summed E-state index contributed by atoms with van der Waals surface area (Å²) < 4.78 is 30.9. The summed E-state index contributed by atoms with van der Waals surface area (Å²) in [5, 5.41) is 2.96. The number of benzene rings is 1. The molecule has 0 radical (unpaired) electrons. The number of nitrogens with zero attached hydrogens (tertiary/aromatic N) is 1. The fourth-order valence-electron chi connectivity index (χ4n) is 4.27. The van der Waals surface area contributed by atoms with Crippen molar-refractivity contribution in [3.63, 3.8) is 0 Å². The topological polar surface area (TPSA) is 75.7 Å². The van der Waals surface area contributed by atoms with Gasteiger partial charge in [-0.05, 0) is 30.4 Å². The van der Waals surface area contributed by atoms with E-state index in [0.717, 1.165) is 32.1 Å². The highest BCUT2D eigenvalue weighted by Gasteiger charge is 2.52. The fraction of sp³-hybridized carbons (Fsp3) is 0.611. The Morgan fingerprint density at radius 1 is 1.24 bits per heavy atom. The first-order chi connectivity index (χ1) is 11.9. The zero-order chi connectivity index (χ0) is 18.1. The molecule has 1 aliphatic carbocycles. The molecular weight excluding hydrogens is 340 g/mol. The van der Waals surface area contributed by atoms with Crippen LogP contribution in [0.25, 0.3) is 0 Å². The average Bonchev–Trinajstić information content (AvgIpc) is 2.95. The van der Waals surface area contributed by atoms with Crippen LogP contribution in [0.4, 0.5) is 5.69 Å². The molecule has 25 heavy (non-hydrogen) atoms. The number of carbonyl (C=O) groups is 1. The van der Waals surface area contributed by atoms with Crippen LogP contribution in [0.5, 0.6) is 5.75 Å². The molecule has 3 rings (SSSR count). The molecule has 6 nitrogen and oxygen atoms in total. The molecule has 1 unspecified atom stereocenters. The first kappa shape index (κ1) is 18.2.